The summed E-state index contributed by atoms with van der Waals surface area (Å²) in [5, 5.41) is 13.0. The summed E-state index contributed by atoms with van der Waals surface area (Å²) in [6, 6.07) is 12.7. The average Bonchev–Trinajstić information content (AvgIpc) is 3.27. The molecule has 0 amide bonds. The molecule has 1 saturated heterocycles. The third kappa shape index (κ3) is 8.99. The summed E-state index contributed by atoms with van der Waals surface area (Å²) in [5.74, 6) is -1.19. The Balaban J connectivity index is 1.63. The van der Waals surface area contributed by atoms with Crippen molar-refractivity contribution in [2.24, 2.45) is 10.8 Å². The number of ether oxygens (including phenoxy) is 2. The highest BCUT2D eigenvalue weighted by Crippen LogP contribution is 2.32. The van der Waals surface area contributed by atoms with E-state index in [0.717, 1.165) is 42.2 Å². The quantitative estimate of drug-likeness (QED) is 0.226. The van der Waals surface area contributed by atoms with Crippen LogP contribution in [0.1, 0.15) is 68.9 Å². The number of aromatic nitrogens is 2. The van der Waals surface area contributed by atoms with Crippen molar-refractivity contribution < 1.29 is 27.8 Å². The molecule has 10 nitrogen and oxygen atoms in total. The van der Waals surface area contributed by atoms with E-state index in [1.54, 1.807) is 6.07 Å². The van der Waals surface area contributed by atoms with E-state index in [2.05, 4.69) is 54.6 Å². The van der Waals surface area contributed by atoms with E-state index in [9.17, 15) is 18.3 Å². The number of sulfonamides is 1. The number of anilines is 1. The van der Waals surface area contributed by atoms with Crippen molar-refractivity contribution in [2.75, 3.05) is 24.5 Å². The highest BCUT2D eigenvalue weighted by Gasteiger charge is 2.32. The van der Waals surface area contributed by atoms with Crippen molar-refractivity contribution in [3.8, 4) is 17.1 Å². The topological polar surface area (TPSA) is 140 Å². The molecule has 44 heavy (non-hydrogen) atoms. The Bertz CT molecular complexity index is 1580. The molecule has 4 rings (SSSR count). The molecule has 2 atom stereocenters. The molecule has 2 aromatic carbocycles. The predicted octanol–water partition coefficient (Wildman–Crippen LogP) is 5.85. The Hall–Kier alpha value is -3.54. The number of rotatable bonds is 12. The van der Waals surface area contributed by atoms with Gasteiger partial charge in [0, 0.05) is 24.2 Å². The van der Waals surface area contributed by atoms with Crippen LogP contribution < -0.4 is 14.8 Å². The Labute approximate surface area is 260 Å². The summed E-state index contributed by atoms with van der Waals surface area (Å²) < 4.78 is 41.3. The molecule has 1 fully saturated rings. The molecule has 0 spiro atoms. The van der Waals surface area contributed by atoms with Gasteiger partial charge in [0.1, 0.15) is 6.61 Å². The monoisotopic (exact) mass is 624 g/mol. The summed E-state index contributed by atoms with van der Waals surface area (Å²) in [4.78, 5) is 20.2. The summed E-state index contributed by atoms with van der Waals surface area (Å²) in [6.45, 7) is 16.6. The van der Waals surface area contributed by atoms with Crippen LogP contribution in [0.4, 0.5) is 5.95 Å². The van der Waals surface area contributed by atoms with Crippen molar-refractivity contribution in [3.63, 3.8) is 0 Å². The SMILES string of the molecule is Cc1cccc(C)c1-c1cc(OC[C@@H](CC(C)(C)C)NCC2CC(C)(C)CO2)nc(NS(=O)(=O)c2cccc(C(=O)O)c2)n1. The molecule has 238 valence electrons. The molecule has 3 aromatic rings. The maximum Gasteiger partial charge on any atom is 0.335 e. The fraction of sp³-hybridized carbons (Fsp3) is 0.485. The molecule has 11 heteroatoms. The summed E-state index contributed by atoms with van der Waals surface area (Å²) in [6.07, 6.45) is 1.94. The van der Waals surface area contributed by atoms with Gasteiger partial charge in [0.15, 0.2) is 0 Å². The molecule has 3 N–H and O–H groups in total. The second-order valence-electron chi connectivity index (χ2n) is 13.6. The molecule has 1 aromatic heterocycles. The average molecular weight is 625 g/mol. The van der Waals surface area contributed by atoms with Gasteiger partial charge in [-0.25, -0.2) is 22.9 Å². The Morgan fingerprint density at radius 1 is 1.11 bits per heavy atom. The molecule has 1 aliphatic heterocycles. The summed E-state index contributed by atoms with van der Waals surface area (Å²) >= 11 is 0. The van der Waals surface area contributed by atoms with Crippen LogP contribution in [0.3, 0.4) is 0 Å². The minimum atomic E-state index is -4.21. The van der Waals surface area contributed by atoms with Gasteiger partial charge < -0.3 is 19.9 Å². The third-order valence-electron chi connectivity index (χ3n) is 7.47. The molecule has 1 unspecified atom stereocenters. The number of aryl methyl sites for hydroxylation is 2. The number of carboxylic acids is 1. The van der Waals surface area contributed by atoms with Gasteiger partial charge in [-0.2, -0.15) is 4.98 Å². The van der Waals surface area contributed by atoms with Crippen LogP contribution in [0.25, 0.3) is 11.3 Å². The van der Waals surface area contributed by atoms with Crippen molar-refractivity contribution >= 4 is 21.9 Å². The standard InChI is InChI=1S/C33H44N4O6S/c1-21-10-8-11-22(2)29(21)27-15-28(36-31(35-27)37-44(40,41)26-13-9-12-23(14-26)30(38)39)42-19-24(16-32(3,4)5)34-18-25-17-33(6,7)20-43-25/h8-15,24-25,34H,16-20H2,1-7H3,(H,38,39)(H,35,36,37)/t24-,25?/m1/s1. The van der Waals surface area contributed by atoms with Crippen LogP contribution in [0, 0.1) is 24.7 Å². The maximum atomic E-state index is 13.3. The van der Waals surface area contributed by atoms with Crippen LogP contribution >= 0.6 is 0 Å². The molecule has 0 saturated carbocycles. The zero-order valence-corrected chi connectivity index (χ0v) is 27.4. The summed E-state index contributed by atoms with van der Waals surface area (Å²) in [7, 11) is -4.21. The zero-order valence-electron chi connectivity index (χ0n) is 26.6. The van der Waals surface area contributed by atoms with Gasteiger partial charge in [-0.05, 0) is 66.8 Å². The van der Waals surface area contributed by atoms with E-state index in [1.165, 1.54) is 18.2 Å². The van der Waals surface area contributed by atoms with Gasteiger partial charge >= 0.3 is 5.97 Å². The summed E-state index contributed by atoms with van der Waals surface area (Å²) in [5.41, 5.74) is 3.31. The van der Waals surface area contributed by atoms with E-state index in [1.807, 2.05) is 32.0 Å². The zero-order chi connectivity index (χ0) is 32.3. The van der Waals surface area contributed by atoms with Gasteiger partial charge in [0.25, 0.3) is 10.0 Å². The largest absolute Gasteiger partial charge is 0.478 e. The van der Waals surface area contributed by atoms with Gasteiger partial charge in [0.05, 0.1) is 28.9 Å². The second kappa shape index (κ2) is 13.2. The van der Waals surface area contributed by atoms with Gasteiger partial charge in [-0.15, -0.1) is 0 Å². The number of carboxylic acid groups (broad SMARTS) is 1. The van der Waals surface area contributed by atoms with E-state index in [-0.39, 0.29) is 45.3 Å². The minimum Gasteiger partial charge on any atom is -0.478 e. The molecule has 0 radical (unpaired) electrons. The van der Waals surface area contributed by atoms with E-state index >= 15 is 0 Å². The first-order chi connectivity index (χ1) is 20.5. The lowest BCUT2D eigenvalue weighted by Gasteiger charge is -2.28. The molecule has 2 heterocycles. The number of benzene rings is 2. The first kappa shape index (κ1) is 33.4. The van der Waals surface area contributed by atoms with Crippen molar-refractivity contribution in [1.29, 1.82) is 0 Å². The maximum absolute atomic E-state index is 13.3. The van der Waals surface area contributed by atoms with E-state index < -0.39 is 16.0 Å². The molecule has 0 bridgehead atoms. The van der Waals surface area contributed by atoms with Crippen molar-refractivity contribution in [1.82, 2.24) is 15.3 Å². The first-order valence-corrected chi connectivity index (χ1v) is 16.3. The van der Waals surface area contributed by atoms with Crippen molar-refractivity contribution in [2.45, 2.75) is 78.3 Å². The number of aromatic carboxylic acids is 1. The first-order valence-electron chi connectivity index (χ1n) is 14.8. The van der Waals surface area contributed by atoms with Crippen LogP contribution in [0.15, 0.2) is 53.4 Å². The lowest BCUT2D eigenvalue weighted by atomic mass is 9.88. The van der Waals surface area contributed by atoms with Crippen LogP contribution in [-0.4, -0.2) is 61.4 Å². The number of carbonyl (C=O) groups is 1. The molecular formula is C33H44N4O6S. The van der Waals surface area contributed by atoms with Crippen LogP contribution in [0.2, 0.25) is 0 Å². The fourth-order valence-corrected chi connectivity index (χ4v) is 6.48. The van der Waals surface area contributed by atoms with Crippen LogP contribution in [0.5, 0.6) is 5.88 Å². The Morgan fingerprint density at radius 3 is 2.41 bits per heavy atom. The Morgan fingerprint density at radius 2 is 1.80 bits per heavy atom. The number of nitrogens with one attached hydrogen (secondary N) is 2. The van der Waals surface area contributed by atoms with E-state index in [4.69, 9.17) is 9.47 Å². The molecule has 0 aliphatic carbocycles. The lowest BCUT2D eigenvalue weighted by molar-refractivity contribution is 0.0696. The van der Waals surface area contributed by atoms with Crippen molar-refractivity contribution in [3.05, 3.63) is 65.2 Å². The highest BCUT2D eigenvalue weighted by atomic mass is 32.2. The Kier molecular flexibility index (Phi) is 10.0. The van der Waals surface area contributed by atoms with E-state index in [0.29, 0.717) is 18.8 Å². The smallest absolute Gasteiger partial charge is 0.335 e. The minimum absolute atomic E-state index is 0.0141. The van der Waals surface area contributed by atoms with Gasteiger partial charge in [-0.3, -0.25) is 0 Å². The highest BCUT2D eigenvalue weighted by molar-refractivity contribution is 7.92. The lowest BCUT2D eigenvalue weighted by Crippen LogP contribution is -2.41. The molecular weight excluding hydrogens is 580 g/mol. The van der Waals surface area contributed by atoms with Crippen LogP contribution in [-0.2, 0) is 14.8 Å². The fourth-order valence-electron chi connectivity index (χ4n) is 5.49. The molecule has 1 aliphatic rings. The van der Waals surface area contributed by atoms with Gasteiger partial charge in [0.2, 0.25) is 11.8 Å². The van der Waals surface area contributed by atoms with Gasteiger partial charge in [-0.1, -0.05) is 58.9 Å². The normalized spacial score (nSPS) is 17.3. The number of hydrogen-bond acceptors (Lipinski definition) is 8. The third-order valence-corrected chi connectivity index (χ3v) is 8.80. The second-order valence-corrected chi connectivity index (χ2v) is 15.3. The number of hydrogen-bond donors (Lipinski definition) is 3. The predicted molar refractivity (Wildman–Crippen MR) is 171 cm³/mol. The number of nitrogens with zero attached hydrogens (tertiary/aromatic N) is 2.